The number of hydrogen-bond donors (Lipinski definition) is 0. The smallest absolute Gasteiger partial charge is 0.159 e. The fourth-order valence-electron chi connectivity index (χ4n) is 12.0. The molecule has 1 aromatic heterocycles. The van der Waals surface area contributed by atoms with Crippen molar-refractivity contribution in [2.75, 3.05) is 9.80 Å². The highest BCUT2D eigenvalue weighted by atomic mass is 16.5. The first-order chi connectivity index (χ1) is 32.4. The van der Waals surface area contributed by atoms with Gasteiger partial charge >= 0.3 is 0 Å². The lowest BCUT2D eigenvalue weighted by molar-refractivity contribution is 0.258. The van der Waals surface area contributed by atoms with E-state index >= 15 is 0 Å². The molecule has 4 heteroatoms. The number of anilines is 5. The minimum Gasteiger partial charge on any atom is -0.483 e. The molecule has 0 saturated heterocycles. The maximum Gasteiger partial charge on any atom is 0.159 e. The van der Waals surface area contributed by atoms with Gasteiger partial charge in [0.05, 0.1) is 23.1 Å². The van der Waals surface area contributed by atoms with Crippen LogP contribution in [0.1, 0.15) is 71.4 Å². The molecule has 322 valence electrons. The zero-order valence-corrected chi connectivity index (χ0v) is 38.1. The molecule has 9 aromatic carbocycles. The van der Waals surface area contributed by atoms with Crippen LogP contribution < -0.4 is 14.5 Å². The quantitative estimate of drug-likeness (QED) is 0.149. The molecule has 2 unspecified atom stereocenters. The number of aryl methyl sites for hydroxylation is 4. The Morgan fingerprint density at radius 1 is 0.530 bits per heavy atom. The van der Waals surface area contributed by atoms with E-state index in [0.29, 0.717) is 5.92 Å². The monoisotopic (exact) mass is 856 g/mol. The van der Waals surface area contributed by atoms with Crippen LogP contribution in [-0.4, -0.2) is 12.1 Å². The van der Waals surface area contributed by atoms with Crippen molar-refractivity contribution in [2.45, 2.75) is 77.9 Å². The lowest BCUT2D eigenvalue weighted by atomic mass is 9.82. The van der Waals surface area contributed by atoms with Crippen LogP contribution in [0.2, 0.25) is 0 Å². The molecule has 2 aliphatic carbocycles. The Morgan fingerprint density at radius 2 is 1.23 bits per heavy atom. The van der Waals surface area contributed by atoms with Gasteiger partial charge in [0, 0.05) is 49.4 Å². The van der Waals surface area contributed by atoms with E-state index in [2.05, 4.69) is 201 Å². The number of para-hydroxylation sites is 3. The molecular formula is C62H52N2O2. The molecule has 1 aliphatic heterocycles. The summed E-state index contributed by atoms with van der Waals surface area (Å²) in [5.74, 6) is 1.54. The minimum absolute atomic E-state index is 0.156. The van der Waals surface area contributed by atoms with Crippen molar-refractivity contribution in [3.63, 3.8) is 0 Å². The molecule has 0 radical (unpaired) electrons. The van der Waals surface area contributed by atoms with Crippen molar-refractivity contribution in [1.82, 2.24) is 0 Å². The Kier molecular flexibility index (Phi) is 8.97. The third kappa shape index (κ3) is 6.04. The molecule has 10 aromatic rings. The maximum absolute atomic E-state index is 7.04. The lowest BCUT2D eigenvalue weighted by Crippen LogP contribution is -2.43. The molecule has 1 saturated carbocycles. The van der Waals surface area contributed by atoms with E-state index < -0.39 is 0 Å². The van der Waals surface area contributed by atoms with Gasteiger partial charge in [-0.05, 0) is 116 Å². The molecule has 4 nitrogen and oxygen atoms in total. The number of fused-ring (bicyclic) bond motifs is 6. The highest BCUT2D eigenvalue weighted by molar-refractivity contribution is 6.29. The molecule has 3 aliphatic rings. The van der Waals surface area contributed by atoms with E-state index in [1.807, 2.05) is 0 Å². The molecule has 1 fully saturated rings. The summed E-state index contributed by atoms with van der Waals surface area (Å²) in [6, 6.07) is 54.3. The average molecular weight is 857 g/mol. The van der Waals surface area contributed by atoms with Crippen molar-refractivity contribution >= 4 is 88.3 Å². The molecule has 2 heterocycles. The zero-order valence-electron chi connectivity index (χ0n) is 38.1. The molecule has 2 atom stereocenters. The number of benzene rings is 9. The second-order valence-electron chi connectivity index (χ2n) is 19.3. The summed E-state index contributed by atoms with van der Waals surface area (Å²) in [6.07, 6.45) is 13.1. The number of nitrogens with zero attached hydrogens (tertiary/aromatic N) is 2. The second-order valence-corrected chi connectivity index (χ2v) is 19.3. The third-order valence-electron chi connectivity index (χ3n) is 15.1. The van der Waals surface area contributed by atoms with E-state index in [1.165, 1.54) is 103 Å². The number of rotatable bonds is 7. The highest BCUT2D eigenvalue weighted by Gasteiger charge is 2.40. The Morgan fingerprint density at radius 3 is 2.00 bits per heavy atom. The molecule has 0 bridgehead atoms. The van der Waals surface area contributed by atoms with E-state index in [-0.39, 0.29) is 12.1 Å². The highest BCUT2D eigenvalue weighted by Crippen LogP contribution is 2.53. The fraction of sp³-hybridized carbons (Fsp3) is 0.194. The van der Waals surface area contributed by atoms with E-state index in [1.54, 1.807) is 0 Å². The van der Waals surface area contributed by atoms with Crippen LogP contribution in [0.4, 0.5) is 28.4 Å². The number of furan rings is 1. The van der Waals surface area contributed by atoms with Crippen molar-refractivity contribution in [3.8, 4) is 5.75 Å². The first-order valence-corrected chi connectivity index (χ1v) is 23.9. The lowest BCUT2D eigenvalue weighted by Gasteiger charge is -2.39. The molecule has 0 amide bonds. The second kappa shape index (κ2) is 15.1. The predicted molar refractivity (Wildman–Crippen MR) is 277 cm³/mol. The normalized spacial score (nSPS) is 17.2. The van der Waals surface area contributed by atoms with Crippen molar-refractivity contribution in [3.05, 3.63) is 197 Å². The molecule has 0 spiro atoms. The molecule has 66 heavy (non-hydrogen) atoms. The number of allylic oxidation sites excluding steroid dienone is 2. The third-order valence-corrected chi connectivity index (χ3v) is 15.1. The molecular weight excluding hydrogens is 805 g/mol. The number of hydrogen-bond acceptors (Lipinski definition) is 4. The fourth-order valence-corrected chi connectivity index (χ4v) is 12.0. The first kappa shape index (κ1) is 39.1. The summed E-state index contributed by atoms with van der Waals surface area (Å²) in [5, 5.41) is 9.86. The van der Waals surface area contributed by atoms with Gasteiger partial charge in [-0.2, -0.15) is 0 Å². The summed E-state index contributed by atoms with van der Waals surface area (Å²) in [6.45, 7) is 8.88. The van der Waals surface area contributed by atoms with Crippen LogP contribution in [0.3, 0.4) is 0 Å². The number of ether oxygens (including phenoxy) is 1. The van der Waals surface area contributed by atoms with Crippen LogP contribution in [0.5, 0.6) is 5.75 Å². The van der Waals surface area contributed by atoms with Gasteiger partial charge in [-0.3, -0.25) is 0 Å². The summed E-state index contributed by atoms with van der Waals surface area (Å²) in [4.78, 5) is 5.09. The Labute approximate surface area is 386 Å². The van der Waals surface area contributed by atoms with Gasteiger partial charge in [0.2, 0.25) is 0 Å². The molecule has 0 N–H and O–H groups in total. The largest absolute Gasteiger partial charge is 0.483 e. The predicted octanol–water partition coefficient (Wildman–Crippen LogP) is 17.2. The van der Waals surface area contributed by atoms with E-state index in [0.717, 1.165) is 56.1 Å². The Bertz CT molecular complexity index is 3620. The van der Waals surface area contributed by atoms with Crippen LogP contribution in [0, 0.1) is 27.7 Å². The van der Waals surface area contributed by atoms with Crippen molar-refractivity contribution in [1.29, 1.82) is 0 Å². The summed E-state index contributed by atoms with van der Waals surface area (Å²) >= 11 is 0. The SMILES string of the molecule is Cc1ccc(N(c2cc(N(c3ccc(C)cc3C)C3C=CC=C4c5ccccc5OC43)c3ccc4cc(C5CCCCC5)cc5ccc2c3c54)c2cccc3c2oc2ccccc23)c(C)c1. The summed E-state index contributed by atoms with van der Waals surface area (Å²) in [5.41, 5.74) is 16.0. The van der Waals surface area contributed by atoms with Crippen LogP contribution in [-0.2, 0) is 0 Å². The Hall–Kier alpha value is -7.30. The van der Waals surface area contributed by atoms with Crippen LogP contribution in [0.25, 0.3) is 59.8 Å². The van der Waals surface area contributed by atoms with Gasteiger partial charge in [0.25, 0.3) is 0 Å². The Balaban J connectivity index is 1.15. The molecule has 13 rings (SSSR count). The van der Waals surface area contributed by atoms with Crippen molar-refractivity contribution < 1.29 is 9.15 Å². The average Bonchev–Trinajstić information content (AvgIpc) is 3.92. The van der Waals surface area contributed by atoms with Gasteiger partial charge < -0.3 is 19.0 Å². The first-order valence-electron chi connectivity index (χ1n) is 23.9. The zero-order chi connectivity index (χ0) is 44.2. The summed E-state index contributed by atoms with van der Waals surface area (Å²) < 4.78 is 14.0. The topological polar surface area (TPSA) is 28.9 Å². The van der Waals surface area contributed by atoms with Crippen LogP contribution in [0.15, 0.2) is 168 Å². The van der Waals surface area contributed by atoms with E-state index in [4.69, 9.17) is 9.15 Å². The summed E-state index contributed by atoms with van der Waals surface area (Å²) in [7, 11) is 0. The van der Waals surface area contributed by atoms with Gasteiger partial charge in [-0.1, -0.05) is 158 Å². The van der Waals surface area contributed by atoms with Gasteiger partial charge in [-0.15, -0.1) is 0 Å². The van der Waals surface area contributed by atoms with Crippen LogP contribution >= 0.6 is 0 Å². The van der Waals surface area contributed by atoms with E-state index in [9.17, 15) is 0 Å². The minimum atomic E-state index is -0.215. The maximum atomic E-state index is 7.04. The van der Waals surface area contributed by atoms with Crippen molar-refractivity contribution in [2.24, 2.45) is 0 Å². The standard InChI is InChI=1S/C62H52N2O2/c1-37-24-30-51(39(3)32-37)63(53-20-12-18-47-45-16-8-10-22-57(45)65-61(47)53)55-36-56(50-29-27-43-35-44(41-14-6-5-7-15-41)34-42-26-28-49(55)60(50)59(42)43)64(52-31-25-38(2)33-40(52)4)54-21-13-19-48-46-17-9-11-23-58(46)66-62(48)54/h8-13,16-36,41,53,61H,5-7,14-15H2,1-4H3. The van der Waals surface area contributed by atoms with Gasteiger partial charge in [0.1, 0.15) is 17.4 Å². The van der Waals surface area contributed by atoms with Gasteiger partial charge in [-0.25, -0.2) is 0 Å². The van der Waals surface area contributed by atoms with Gasteiger partial charge in [0.15, 0.2) is 5.58 Å².